The Balaban J connectivity index is 3.10. The zero-order valence-corrected chi connectivity index (χ0v) is 14.8. The summed E-state index contributed by atoms with van der Waals surface area (Å²) in [4.78, 5) is 45.3. The third-order valence-corrected chi connectivity index (χ3v) is 3.30. The van der Waals surface area contributed by atoms with E-state index in [0.717, 1.165) is 0 Å². The van der Waals surface area contributed by atoms with Gasteiger partial charge in [0.15, 0.2) is 18.5 Å². The van der Waals surface area contributed by atoms with Crippen molar-refractivity contribution in [1.29, 1.82) is 0 Å². The van der Waals surface area contributed by atoms with Crippen LogP contribution in [0.25, 0.3) is 0 Å². The van der Waals surface area contributed by atoms with Crippen LogP contribution >= 0.6 is 0 Å². The molecule has 1 fully saturated rings. The summed E-state index contributed by atoms with van der Waals surface area (Å²) in [5, 5.41) is 2.59. The molecule has 25 heavy (non-hydrogen) atoms. The third-order valence-electron chi connectivity index (χ3n) is 3.30. The van der Waals surface area contributed by atoms with Crippen LogP contribution < -0.4 is 5.32 Å². The highest BCUT2D eigenvalue weighted by Gasteiger charge is 2.52. The molecule has 10 nitrogen and oxygen atoms in total. The molecule has 1 rings (SSSR count). The summed E-state index contributed by atoms with van der Waals surface area (Å²) >= 11 is 0. The molecule has 1 amide bonds. The Hall–Kier alpha value is -2.20. The Morgan fingerprint density at radius 2 is 1.68 bits per heavy atom. The van der Waals surface area contributed by atoms with Gasteiger partial charge in [0.1, 0.15) is 18.8 Å². The Kier molecular flexibility index (Phi) is 7.78. The summed E-state index contributed by atoms with van der Waals surface area (Å²) in [6.45, 7) is 4.54. The van der Waals surface area contributed by atoms with Crippen molar-refractivity contribution in [3.8, 4) is 0 Å². The molecule has 0 aromatic carbocycles. The topological polar surface area (TPSA) is 126 Å². The van der Waals surface area contributed by atoms with E-state index in [1.54, 1.807) is 0 Å². The van der Waals surface area contributed by atoms with Crippen molar-refractivity contribution in [1.82, 2.24) is 5.32 Å². The fraction of sp³-hybridized carbons (Fsp3) is 0.733. The van der Waals surface area contributed by atoms with E-state index in [0.29, 0.717) is 0 Å². The smallest absolute Gasteiger partial charge is 0.303 e. The minimum Gasteiger partial charge on any atom is -0.462 e. The number of nitrogens with one attached hydrogen (secondary N) is 1. The van der Waals surface area contributed by atoms with Gasteiger partial charge in [0.05, 0.1) is 0 Å². The molecule has 0 aromatic heterocycles. The lowest BCUT2D eigenvalue weighted by atomic mass is 10.0. The monoisotopic (exact) mass is 361 g/mol. The first kappa shape index (κ1) is 20.8. The molecule has 1 heterocycles. The second-order valence-electron chi connectivity index (χ2n) is 5.46. The zero-order chi connectivity index (χ0) is 19.1. The van der Waals surface area contributed by atoms with E-state index in [1.807, 2.05) is 0 Å². The van der Waals surface area contributed by atoms with Crippen LogP contribution in [0.4, 0.5) is 0 Å². The Morgan fingerprint density at radius 1 is 1.04 bits per heavy atom. The van der Waals surface area contributed by atoms with E-state index >= 15 is 0 Å². The number of carbonyl (C=O) groups is 4. The molecule has 0 saturated carbocycles. The fourth-order valence-electron chi connectivity index (χ4n) is 2.50. The van der Waals surface area contributed by atoms with E-state index in [2.05, 4.69) is 5.32 Å². The molecule has 0 aromatic rings. The van der Waals surface area contributed by atoms with Crippen LogP contribution in [-0.4, -0.2) is 68.2 Å². The van der Waals surface area contributed by atoms with Crippen molar-refractivity contribution < 1.29 is 42.9 Å². The lowest BCUT2D eigenvalue weighted by molar-refractivity contribution is -0.186. The lowest BCUT2D eigenvalue weighted by Crippen LogP contribution is -2.51. The van der Waals surface area contributed by atoms with Crippen molar-refractivity contribution in [3.05, 3.63) is 0 Å². The Labute approximate surface area is 145 Å². The van der Waals surface area contributed by atoms with Gasteiger partial charge in [-0.1, -0.05) is 0 Å². The van der Waals surface area contributed by atoms with E-state index in [1.165, 1.54) is 34.8 Å². The predicted octanol–water partition coefficient (Wildman–Crippen LogP) is -0.711. The Morgan fingerprint density at radius 3 is 2.12 bits per heavy atom. The first-order valence-corrected chi connectivity index (χ1v) is 7.58. The van der Waals surface area contributed by atoms with Crippen LogP contribution in [0, 0.1) is 0 Å². The molecule has 0 aliphatic carbocycles. The van der Waals surface area contributed by atoms with E-state index in [-0.39, 0.29) is 6.61 Å². The van der Waals surface area contributed by atoms with E-state index in [9.17, 15) is 19.2 Å². The van der Waals surface area contributed by atoms with Crippen molar-refractivity contribution in [2.45, 2.75) is 58.3 Å². The number of hydrogen-bond donors (Lipinski definition) is 1. The summed E-state index contributed by atoms with van der Waals surface area (Å²) in [7, 11) is 1.35. The van der Waals surface area contributed by atoms with Gasteiger partial charge in [0, 0.05) is 34.8 Å². The molecule has 142 valence electrons. The number of ether oxygens (including phenoxy) is 5. The predicted molar refractivity (Wildman–Crippen MR) is 81.0 cm³/mol. The number of rotatable bonds is 7. The van der Waals surface area contributed by atoms with Gasteiger partial charge in [-0.25, -0.2) is 0 Å². The van der Waals surface area contributed by atoms with Crippen molar-refractivity contribution in [2.24, 2.45) is 0 Å². The lowest BCUT2D eigenvalue weighted by Gasteiger charge is -2.27. The fourth-order valence-corrected chi connectivity index (χ4v) is 2.50. The maximum Gasteiger partial charge on any atom is 0.303 e. The van der Waals surface area contributed by atoms with Gasteiger partial charge in [0.2, 0.25) is 5.91 Å². The van der Waals surface area contributed by atoms with Crippen molar-refractivity contribution >= 4 is 23.8 Å². The first-order valence-electron chi connectivity index (χ1n) is 7.58. The molecule has 0 radical (unpaired) electrons. The van der Waals surface area contributed by atoms with Crippen LogP contribution in [0.2, 0.25) is 0 Å². The summed E-state index contributed by atoms with van der Waals surface area (Å²) in [5.41, 5.74) is 0. The summed E-state index contributed by atoms with van der Waals surface area (Å²) < 4.78 is 26.1. The van der Waals surface area contributed by atoms with Gasteiger partial charge >= 0.3 is 17.9 Å². The quantitative estimate of drug-likeness (QED) is 0.462. The molecule has 5 atom stereocenters. The average Bonchev–Trinajstić information content (AvgIpc) is 2.79. The third kappa shape index (κ3) is 6.31. The van der Waals surface area contributed by atoms with Gasteiger partial charge in [-0.3, -0.25) is 19.2 Å². The molecule has 5 unspecified atom stereocenters. The van der Waals surface area contributed by atoms with E-state index in [4.69, 9.17) is 23.7 Å². The first-order chi connectivity index (χ1) is 11.6. The van der Waals surface area contributed by atoms with E-state index < -0.39 is 54.5 Å². The normalized spacial score (nSPS) is 26.4. The Bertz CT molecular complexity index is 521. The molecule has 1 N–H and O–H groups in total. The average molecular weight is 361 g/mol. The van der Waals surface area contributed by atoms with Gasteiger partial charge < -0.3 is 29.0 Å². The van der Waals surface area contributed by atoms with Crippen LogP contribution in [0.3, 0.4) is 0 Å². The van der Waals surface area contributed by atoms with Crippen LogP contribution in [0.5, 0.6) is 0 Å². The highest BCUT2D eigenvalue weighted by atomic mass is 16.7. The number of hydrogen-bond acceptors (Lipinski definition) is 9. The maximum absolute atomic E-state index is 11.5. The van der Waals surface area contributed by atoms with Gasteiger partial charge in [0.25, 0.3) is 0 Å². The van der Waals surface area contributed by atoms with Gasteiger partial charge in [-0.15, -0.1) is 0 Å². The summed E-state index contributed by atoms with van der Waals surface area (Å²) in [5.74, 6) is -2.24. The zero-order valence-electron chi connectivity index (χ0n) is 14.8. The minimum absolute atomic E-state index is 0.305. The van der Waals surface area contributed by atoms with Crippen molar-refractivity contribution in [3.63, 3.8) is 0 Å². The number of amides is 1. The molecule has 1 aliphatic heterocycles. The minimum atomic E-state index is -1.05. The number of carbonyl (C=O) groups excluding carboxylic acids is 4. The highest BCUT2D eigenvalue weighted by Crippen LogP contribution is 2.29. The van der Waals surface area contributed by atoms with Gasteiger partial charge in [-0.05, 0) is 0 Å². The maximum atomic E-state index is 11.5. The molecular formula is C15H23NO9. The SMILES string of the molecule is COC1OC(C(COC(C)=O)OC(C)=O)C(OC(C)=O)C1NC(C)=O. The van der Waals surface area contributed by atoms with Crippen LogP contribution in [0.1, 0.15) is 27.7 Å². The number of esters is 3. The largest absolute Gasteiger partial charge is 0.462 e. The number of methoxy groups -OCH3 is 1. The van der Waals surface area contributed by atoms with Crippen LogP contribution in [-0.2, 0) is 42.9 Å². The summed E-state index contributed by atoms with van der Waals surface area (Å²) in [6.07, 6.45) is -4.02. The molecule has 1 saturated heterocycles. The molecular weight excluding hydrogens is 338 g/mol. The van der Waals surface area contributed by atoms with Crippen LogP contribution in [0.15, 0.2) is 0 Å². The molecule has 1 aliphatic rings. The highest BCUT2D eigenvalue weighted by molar-refractivity contribution is 5.73. The summed E-state index contributed by atoms with van der Waals surface area (Å²) in [6, 6.07) is -0.827. The standard InChI is InChI=1S/C15H23NO9/c1-7(17)16-12-14(24-10(4)20)13(25-15(12)21-5)11(23-9(3)19)6-22-8(2)18/h11-15H,6H2,1-5H3,(H,16,17). The molecule has 10 heteroatoms. The molecule has 0 spiro atoms. The van der Waals surface area contributed by atoms with Crippen molar-refractivity contribution in [2.75, 3.05) is 13.7 Å². The van der Waals surface area contributed by atoms with Gasteiger partial charge in [-0.2, -0.15) is 0 Å². The molecule has 0 bridgehead atoms. The second-order valence-corrected chi connectivity index (χ2v) is 5.46. The second kappa shape index (κ2) is 9.33.